The number of carbonyl (C=O) groups is 2. The van der Waals surface area contributed by atoms with Gasteiger partial charge in [0.25, 0.3) is 5.91 Å². The van der Waals surface area contributed by atoms with Gasteiger partial charge in [0.15, 0.2) is 11.4 Å². The van der Waals surface area contributed by atoms with Gasteiger partial charge in [-0.2, -0.15) is 0 Å². The summed E-state index contributed by atoms with van der Waals surface area (Å²) in [4.78, 5) is 41.6. The van der Waals surface area contributed by atoms with Crippen LogP contribution in [-0.2, 0) is 24.4 Å². The van der Waals surface area contributed by atoms with Gasteiger partial charge in [-0.05, 0) is 19.4 Å². The van der Waals surface area contributed by atoms with Crippen molar-refractivity contribution in [2.75, 3.05) is 6.54 Å². The van der Waals surface area contributed by atoms with Crippen molar-refractivity contribution in [3.63, 3.8) is 0 Å². The van der Waals surface area contributed by atoms with E-state index in [9.17, 15) is 28.3 Å². The molecule has 176 valence electrons. The van der Waals surface area contributed by atoms with Crippen LogP contribution in [0, 0.1) is 5.92 Å². The summed E-state index contributed by atoms with van der Waals surface area (Å²) in [6.45, 7) is 4.57. The van der Waals surface area contributed by atoms with Crippen LogP contribution < -0.4 is 5.43 Å². The van der Waals surface area contributed by atoms with Crippen LogP contribution in [0.25, 0.3) is 0 Å². The number of halogens is 2. The molecule has 1 saturated carbocycles. The maximum absolute atomic E-state index is 13.4. The summed E-state index contributed by atoms with van der Waals surface area (Å²) in [5, 5.41) is 10.4. The van der Waals surface area contributed by atoms with E-state index >= 15 is 0 Å². The van der Waals surface area contributed by atoms with Crippen LogP contribution in [0.2, 0.25) is 0 Å². The van der Waals surface area contributed by atoms with Crippen molar-refractivity contribution in [1.29, 1.82) is 0 Å². The topological polar surface area (TPSA) is 82.8 Å². The normalized spacial score (nSPS) is 17.6. The van der Waals surface area contributed by atoms with Crippen LogP contribution in [0.1, 0.15) is 48.4 Å². The first-order valence-corrected chi connectivity index (χ1v) is 11.0. The number of alkyl halides is 2. The summed E-state index contributed by atoms with van der Waals surface area (Å²) in [6.07, 6.45) is -0.987. The largest absolute Gasteiger partial charge is 0.503 e. The van der Waals surface area contributed by atoms with E-state index in [0.29, 0.717) is 18.8 Å². The molecule has 7 nitrogen and oxygen atoms in total. The number of hydrogen-bond acceptors (Lipinski definition) is 4. The molecule has 0 spiro atoms. The molecule has 1 N–H and O–H groups in total. The second-order valence-corrected chi connectivity index (χ2v) is 9.08. The Hall–Kier alpha value is -3.23. The molecule has 4 rings (SSSR count). The molecule has 0 saturated heterocycles. The SMILES string of the molecule is CC(C)N1CCn2c(CN(Cc3ccccc3)C(=O)C3CC(F)(F)C3)cc(=O)c(O)c2C1=O. The van der Waals surface area contributed by atoms with Crippen molar-refractivity contribution in [3.8, 4) is 5.75 Å². The maximum Gasteiger partial charge on any atom is 0.274 e. The Morgan fingerprint density at radius 3 is 2.42 bits per heavy atom. The smallest absolute Gasteiger partial charge is 0.274 e. The number of pyridine rings is 1. The standard InChI is InChI=1S/C24H27F2N3O4/c1-15(2)28-8-9-29-18(10-19(30)21(31)20(29)23(28)33)14-27(13-16-6-4-3-5-7-16)22(32)17-11-24(25,26)12-17/h3-7,10,15,17,31H,8-9,11-14H2,1-2H3. The van der Waals surface area contributed by atoms with Crippen LogP contribution in [-0.4, -0.2) is 49.8 Å². The summed E-state index contributed by atoms with van der Waals surface area (Å²) in [5.41, 5.74) is 0.399. The van der Waals surface area contributed by atoms with Crippen LogP contribution in [0.5, 0.6) is 5.75 Å². The van der Waals surface area contributed by atoms with Crippen molar-refractivity contribution in [2.45, 2.75) is 58.3 Å². The van der Waals surface area contributed by atoms with Gasteiger partial charge in [-0.15, -0.1) is 0 Å². The Morgan fingerprint density at radius 1 is 1.15 bits per heavy atom. The summed E-state index contributed by atoms with van der Waals surface area (Å²) in [5.74, 6) is -5.10. The van der Waals surface area contributed by atoms with Gasteiger partial charge < -0.3 is 19.5 Å². The van der Waals surface area contributed by atoms with Gasteiger partial charge in [0, 0.05) is 56.2 Å². The summed E-state index contributed by atoms with van der Waals surface area (Å²) >= 11 is 0. The summed E-state index contributed by atoms with van der Waals surface area (Å²) in [7, 11) is 0. The molecule has 1 fully saturated rings. The molecular weight excluding hydrogens is 432 g/mol. The molecule has 0 unspecified atom stereocenters. The zero-order valence-electron chi connectivity index (χ0n) is 18.6. The third-order valence-corrected chi connectivity index (χ3v) is 6.34. The molecule has 0 atom stereocenters. The molecule has 1 aliphatic carbocycles. The first-order chi connectivity index (χ1) is 15.6. The Morgan fingerprint density at radius 2 is 1.82 bits per heavy atom. The highest BCUT2D eigenvalue weighted by Crippen LogP contribution is 2.43. The van der Waals surface area contributed by atoms with Crippen molar-refractivity contribution in [2.24, 2.45) is 5.92 Å². The molecule has 33 heavy (non-hydrogen) atoms. The van der Waals surface area contributed by atoms with Gasteiger partial charge in [-0.1, -0.05) is 30.3 Å². The molecule has 2 amide bonds. The molecule has 1 aliphatic heterocycles. The number of carbonyl (C=O) groups excluding carboxylic acids is 2. The van der Waals surface area contributed by atoms with E-state index in [-0.39, 0.29) is 24.8 Å². The molecule has 2 heterocycles. The van der Waals surface area contributed by atoms with E-state index in [2.05, 4.69) is 0 Å². The number of benzene rings is 1. The average Bonchev–Trinajstić information content (AvgIpc) is 2.74. The third-order valence-electron chi connectivity index (χ3n) is 6.34. The lowest BCUT2D eigenvalue weighted by Crippen LogP contribution is -2.48. The first kappa shape index (κ1) is 22.9. The highest BCUT2D eigenvalue weighted by atomic mass is 19.3. The number of aromatic hydroxyl groups is 1. The van der Waals surface area contributed by atoms with Gasteiger partial charge in [0.2, 0.25) is 17.3 Å². The van der Waals surface area contributed by atoms with E-state index in [4.69, 9.17) is 0 Å². The quantitative estimate of drug-likeness (QED) is 0.720. The van der Waals surface area contributed by atoms with Crippen molar-refractivity contribution in [1.82, 2.24) is 14.4 Å². The lowest BCUT2D eigenvalue weighted by molar-refractivity contribution is -0.161. The minimum Gasteiger partial charge on any atom is -0.503 e. The predicted octanol–water partition coefficient (Wildman–Crippen LogP) is 2.99. The number of rotatable bonds is 6. The lowest BCUT2D eigenvalue weighted by Gasteiger charge is -2.38. The Balaban J connectivity index is 1.69. The maximum atomic E-state index is 13.4. The highest BCUT2D eigenvalue weighted by molar-refractivity contribution is 5.96. The van der Waals surface area contributed by atoms with E-state index < -0.39 is 47.7 Å². The van der Waals surface area contributed by atoms with Gasteiger partial charge in [0.1, 0.15) is 0 Å². The van der Waals surface area contributed by atoms with E-state index in [1.165, 1.54) is 11.0 Å². The van der Waals surface area contributed by atoms with E-state index in [1.54, 1.807) is 9.47 Å². The average molecular weight is 459 g/mol. The Labute approximate surface area is 190 Å². The summed E-state index contributed by atoms with van der Waals surface area (Å²) < 4.78 is 28.5. The summed E-state index contributed by atoms with van der Waals surface area (Å²) in [6, 6.07) is 10.3. The predicted molar refractivity (Wildman–Crippen MR) is 117 cm³/mol. The molecule has 2 aromatic rings. The Bertz CT molecular complexity index is 1120. The van der Waals surface area contributed by atoms with E-state index in [1.807, 2.05) is 44.2 Å². The molecule has 1 aromatic carbocycles. The molecule has 2 aliphatic rings. The molecule has 0 bridgehead atoms. The van der Waals surface area contributed by atoms with Crippen molar-refractivity contribution in [3.05, 3.63) is 63.6 Å². The van der Waals surface area contributed by atoms with Crippen LogP contribution in [0.4, 0.5) is 8.78 Å². The lowest BCUT2D eigenvalue weighted by atomic mass is 9.80. The van der Waals surface area contributed by atoms with E-state index in [0.717, 1.165) is 5.56 Å². The van der Waals surface area contributed by atoms with Gasteiger partial charge in [-0.3, -0.25) is 14.4 Å². The Kier molecular flexibility index (Phi) is 5.99. The van der Waals surface area contributed by atoms with Crippen molar-refractivity contribution >= 4 is 11.8 Å². The van der Waals surface area contributed by atoms with Gasteiger partial charge in [0.05, 0.1) is 6.54 Å². The van der Waals surface area contributed by atoms with Crippen LogP contribution >= 0.6 is 0 Å². The fourth-order valence-corrected chi connectivity index (χ4v) is 4.53. The highest BCUT2D eigenvalue weighted by Gasteiger charge is 2.49. The van der Waals surface area contributed by atoms with Gasteiger partial charge in [-0.25, -0.2) is 8.78 Å². The fourth-order valence-electron chi connectivity index (χ4n) is 4.53. The zero-order valence-corrected chi connectivity index (χ0v) is 18.6. The number of amides is 2. The first-order valence-electron chi connectivity index (χ1n) is 11.0. The second-order valence-electron chi connectivity index (χ2n) is 9.08. The third kappa shape index (κ3) is 4.49. The minimum atomic E-state index is -2.83. The zero-order chi connectivity index (χ0) is 23.9. The van der Waals surface area contributed by atoms with Gasteiger partial charge >= 0.3 is 0 Å². The number of hydrogen-bond donors (Lipinski definition) is 1. The number of fused-ring (bicyclic) bond motifs is 1. The van der Waals surface area contributed by atoms with Crippen LogP contribution in [0.3, 0.4) is 0 Å². The number of nitrogens with zero attached hydrogens (tertiary/aromatic N) is 3. The molecule has 0 radical (unpaired) electrons. The minimum absolute atomic E-state index is 0.0344. The number of aromatic nitrogens is 1. The molecule has 1 aromatic heterocycles. The fraction of sp³-hybridized carbons (Fsp3) is 0.458. The van der Waals surface area contributed by atoms with Crippen LogP contribution in [0.15, 0.2) is 41.2 Å². The monoisotopic (exact) mass is 459 g/mol. The molecular formula is C24H27F2N3O4. The van der Waals surface area contributed by atoms with Crippen molar-refractivity contribution < 1.29 is 23.5 Å². The molecule has 9 heteroatoms. The second kappa shape index (κ2) is 8.61.